The predicted molar refractivity (Wildman–Crippen MR) is 33.8 cm³/mol. The minimum Gasteiger partial charge on any atom is -0.617 e. The fourth-order valence-electron chi connectivity index (χ4n) is 1.16. The van der Waals surface area contributed by atoms with Crippen molar-refractivity contribution in [3.8, 4) is 0 Å². The van der Waals surface area contributed by atoms with Crippen LogP contribution in [-0.2, 0) is 33.1 Å². The minimum atomic E-state index is -2.80. The number of Topliss-reactive ketones (excluding diaryl/α,β-unsaturated/α-hetero) is 1. The molecule has 0 aromatic carbocycles. The molecule has 2 aliphatic heterocycles. The minimum absolute atomic E-state index is 0.518. The van der Waals surface area contributed by atoms with Crippen molar-refractivity contribution in [1.82, 2.24) is 0 Å². The zero-order valence-electron chi connectivity index (χ0n) is 6.14. The summed E-state index contributed by atoms with van der Waals surface area (Å²) in [5, 5.41) is 0. The Kier molecular flexibility index (Phi) is 1.25. The Morgan fingerprint density at radius 2 is 1.31 bits per heavy atom. The van der Waals surface area contributed by atoms with Gasteiger partial charge in [0.15, 0.2) is 0 Å². The van der Waals surface area contributed by atoms with Gasteiger partial charge < -0.3 is 14.0 Å². The van der Waals surface area contributed by atoms with Gasteiger partial charge in [-0.2, -0.15) is 0 Å². The fourth-order valence-corrected chi connectivity index (χ4v) is 1.16. The zero-order valence-corrected chi connectivity index (χ0v) is 6.14. The number of rotatable bonds is 0. The van der Waals surface area contributed by atoms with Gasteiger partial charge in [-0.3, -0.25) is 4.79 Å². The molecule has 0 saturated carbocycles. The average molecular weight is 185 g/mol. The molecule has 2 saturated heterocycles. The molecule has 0 N–H and O–H groups in total. The Balaban J connectivity index is 2.27. The Morgan fingerprint density at radius 3 is 1.69 bits per heavy atom. The maximum absolute atomic E-state index is 10.7. The molecule has 0 aliphatic carbocycles. The highest BCUT2D eigenvalue weighted by Gasteiger charge is 2.55. The summed E-state index contributed by atoms with van der Waals surface area (Å²) >= 11 is 0. The molecule has 0 radical (unpaired) electrons. The van der Waals surface area contributed by atoms with E-state index in [9.17, 15) is 19.2 Å². The fraction of sp³-hybridized carbons (Fsp3) is 0.200. The summed E-state index contributed by atoms with van der Waals surface area (Å²) < 4.78 is 13.1. The van der Waals surface area contributed by atoms with Crippen LogP contribution in [0.4, 0.5) is 0 Å². The lowest BCUT2D eigenvalue weighted by Gasteiger charge is -2.24. The highest BCUT2D eigenvalue weighted by atomic mass is 16.8. The summed E-state index contributed by atoms with van der Waals surface area (Å²) in [5.74, 6) is -4.52. The van der Waals surface area contributed by atoms with E-state index in [0.717, 1.165) is 0 Å². The van der Waals surface area contributed by atoms with Crippen LogP contribution in [-0.4, -0.2) is 30.4 Å². The molecule has 0 atom stereocenters. The van der Waals surface area contributed by atoms with Gasteiger partial charge in [0.05, 0.1) is 0 Å². The van der Waals surface area contributed by atoms with E-state index in [-0.39, 0.29) is 0 Å². The highest BCUT2D eigenvalue weighted by Crippen LogP contribution is 2.27. The number of hydrogen-bond acceptors (Lipinski definition) is 7. The molecule has 2 heterocycles. The third-order valence-electron chi connectivity index (χ3n) is 1.69. The van der Waals surface area contributed by atoms with Crippen molar-refractivity contribution in [2.45, 2.75) is 6.32 Å². The van der Waals surface area contributed by atoms with Crippen LogP contribution in [0.2, 0.25) is 6.32 Å². The topological polar surface area (TPSA) is 96.0 Å². The Labute approximate surface area is 70.9 Å². The Hall–Kier alpha value is -1.86. The lowest BCUT2D eigenvalue weighted by Crippen LogP contribution is -2.37. The summed E-state index contributed by atoms with van der Waals surface area (Å²) in [4.78, 5) is 42.4. The van der Waals surface area contributed by atoms with Gasteiger partial charge in [0, 0.05) is 6.32 Å². The van der Waals surface area contributed by atoms with Gasteiger partial charge in [0.1, 0.15) is 0 Å². The van der Waals surface area contributed by atoms with E-state index in [0.29, 0.717) is 0 Å². The van der Waals surface area contributed by atoms with E-state index in [1.165, 1.54) is 0 Å². The number of ketones is 1. The molecule has 1 spiro atoms. The molecular formula is C5H2BO7-. The van der Waals surface area contributed by atoms with E-state index in [1.54, 1.807) is 0 Å². The van der Waals surface area contributed by atoms with E-state index in [4.69, 9.17) is 0 Å². The molecule has 0 bridgehead atoms. The van der Waals surface area contributed by atoms with Crippen molar-refractivity contribution < 1.29 is 33.1 Å². The summed E-state index contributed by atoms with van der Waals surface area (Å²) in [7, 11) is 0. The third kappa shape index (κ3) is 0.985. The smallest absolute Gasteiger partial charge is 0.563 e. The molecule has 0 aromatic heterocycles. The zero-order chi connectivity index (χ0) is 9.64. The van der Waals surface area contributed by atoms with E-state index in [2.05, 4.69) is 14.0 Å². The largest absolute Gasteiger partial charge is 0.617 e. The molecule has 2 fully saturated rings. The van der Waals surface area contributed by atoms with Gasteiger partial charge in [-0.25, -0.2) is 14.4 Å². The van der Waals surface area contributed by atoms with Crippen LogP contribution in [0.5, 0.6) is 0 Å². The molecule has 0 aromatic rings. The third-order valence-corrected chi connectivity index (χ3v) is 1.69. The maximum atomic E-state index is 10.7. The molecule has 2 rings (SSSR count). The monoisotopic (exact) mass is 185 g/mol. The van der Waals surface area contributed by atoms with Gasteiger partial charge in [0.2, 0.25) is 5.78 Å². The van der Waals surface area contributed by atoms with Gasteiger partial charge in [-0.1, -0.05) is 0 Å². The van der Waals surface area contributed by atoms with E-state index in [1.807, 2.05) is 0 Å². The first-order chi connectivity index (χ1) is 6.02. The second-order valence-electron chi connectivity index (χ2n) is 2.63. The summed E-state index contributed by atoms with van der Waals surface area (Å²) in [6.07, 6.45) is -0.518. The van der Waals surface area contributed by atoms with Crippen molar-refractivity contribution in [3.05, 3.63) is 0 Å². The Morgan fingerprint density at radius 1 is 0.846 bits per heavy atom. The van der Waals surface area contributed by atoms with Gasteiger partial charge >= 0.3 is 24.7 Å². The van der Waals surface area contributed by atoms with E-state index < -0.39 is 36.8 Å². The summed E-state index contributed by atoms with van der Waals surface area (Å²) in [6.45, 7) is -2.80. The number of hydrogen-bond donors (Lipinski definition) is 0. The number of carbonyl (C=O) groups excluding carboxylic acids is 4. The van der Waals surface area contributed by atoms with Crippen LogP contribution >= 0.6 is 0 Å². The van der Waals surface area contributed by atoms with Crippen molar-refractivity contribution in [2.75, 3.05) is 0 Å². The standard InChI is InChI=1S/C5H2BO7/c7-2-1-6(11-3(2)8)12-4(9)5(10)13-6/h1H2/q-1. The quantitative estimate of drug-likeness (QED) is 0.322. The molecule has 68 valence electrons. The highest BCUT2D eigenvalue weighted by molar-refractivity contribution is 6.81. The van der Waals surface area contributed by atoms with Crippen molar-refractivity contribution in [1.29, 1.82) is 0 Å². The van der Waals surface area contributed by atoms with Crippen molar-refractivity contribution in [2.24, 2.45) is 0 Å². The van der Waals surface area contributed by atoms with Gasteiger partial charge in [-0.15, -0.1) is 0 Å². The average Bonchev–Trinajstić information content (AvgIpc) is 2.39. The molecule has 0 amide bonds. The molecule has 8 heteroatoms. The SMILES string of the molecule is O=C1C[B-]2(OC1=O)OC(=O)C(=O)O2. The summed E-state index contributed by atoms with van der Waals surface area (Å²) in [6, 6.07) is 0. The molecule has 7 nitrogen and oxygen atoms in total. The first-order valence-electron chi connectivity index (χ1n) is 3.40. The van der Waals surface area contributed by atoms with Crippen LogP contribution in [0.3, 0.4) is 0 Å². The number of carbonyl (C=O) groups is 4. The van der Waals surface area contributed by atoms with E-state index >= 15 is 0 Å². The van der Waals surface area contributed by atoms with Crippen LogP contribution in [0.25, 0.3) is 0 Å². The van der Waals surface area contributed by atoms with Crippen LogP contribution < -0.4 is 0 Å². The van der Waals surface area contributed by atoms with Crippen LogP contribution in [0.15, 0.2) is 0 Å². The maximum Gasteiger partial charge on any atom is 0.563 e. The normalized spacial score (nSPS) is 24.6. The Bertz CT molecular complexity index is 275. The first kappa shape index (κ1) is 7.78. The summed E-state index contributed by atoms with van der Waals surface area (Å²) in [5.41, 5.74) is 0. The predicted octanol–water partition coefficient (Wildman–Crippen LogP) is -1.85. The van der Waals surface area contributed by atoms with Gasteiger partial charge in [-0.05, 0) is 0 Å². The molecule has 13 heavy (non-hydrogen) atoms. The second-order valence-corrected chi connectivity index (χ2v) is 2.63. The van der Waals surface area contributed by atoms with Crippen molar-refractivity contribution >= 4 is 30.4 Å². The molecule has 0 unspecified atom stereocenters. The first-order valence-corrected chi connectivity index (χ1v) is 3.40. The lowest BCUT2D eigenvalue weighted by atomic mass is 9.75. The molecule has 2 aliphatic rings. The molecular weight excluding hydrogens is 183 g/mol. The van der Waals surface area contributed by atoms with Crippen molar-refractivity contribution in [3.63, 3.8) is 0 Å². The second kappa shape index (κ2) is 2.09. The van der Waals surface area contributed by atoms with Gasteiger partial charge in [0.25, 0.3) is 0 Å². The lowest BCUT2D eigenvalue weighted by molar-refractivity contribution is -0.150. The van der Waals surface area contributed by atoms with Crippen LogP contribution in [0.1, 0.15) is 0 Å². The van der Waals surface area contributed by atoms with Crippen LogP contribution in [0, 0.1) is 0 Å².